The number of benzene rings is 22. The van der Waals surface area contributed by atoms with Crippen LogP contribution in [-0.2, 0) is 0 Å². The van der Waals surface area contributed by atoms with E-state index in [9.17, 15) is 0 Å². The van der Waals surface area contributed by atoms with Crippen LogP contribution in [0.3, 0.4) is 0 Å². The van der Waals surface area contributed by atoms with Gasteiger partial charge in [-0.2, -0.15) is 0 Å². The summed E-state index contributed by atoms with van der Waals surface area (Å²) in [5, 5.41) is 26.6. The van der Waals surface area contributed by atoms with E-state index < -0.39 is 0 Å². The van der Waals surface area contributed by atoms with Gasteiger partial charge in [-0.25, -0.2) is 0 Å². The van der Waals surface area contributed by atoms with Gasteiger partial charge in [-0.3, -0.25) is 0 Å². The van der Waals surface area contributed by atoms with Crippen LogP contribution in [0.5, 0.6) is 0 Å². The zero-order valence-corrected chi connectivity index (χ0v) is 78.3. The van der Waals surface area contributed by atoms with Crippen LogP contribution in [0.1, 0.15) is 0 Å². The monoisotopic (exact) mass is 1860 g/mol. The summed E-state index contributed by atoms with van der Waals surface area (Å²) in [7, 11) is 0. The van der Waals surface area contributed by atoms with Gasteiger partial charge >= 0.3 is 0 Å². The van der Waals surface area contributed by atoms with Crippen LogP contribution in [0.15, 0.2) is 495 Å². The number of thiophene rings is 2. The number of para-hydroxylation sites is 10. The predicted octanol–water partition coefficient (Wildman–Crippen LogP) is 38.4. The van der Waals surface area contributed by atoms with E-state index in [0.717, 1.165) is 149 Å². The highest BCUT2D eigenvalue weighted by Gasteiger charge is 2.25. The fraction of sp³-hybridized carbons (Fsp3) is 0. The van der Waals surface area contributed by atoms with Gasteiger partial charge in [0, 0.05) is 160 Å². The first-order valence-electron chi connectivity index (χ1n) is 48.4. The zero-order chi connectivity index (χ0) is 93.6. The molecule has 0 spiro atoms. The number of rotatable bonds is 7. The van der Waals surface area contributed by atoms with Crippen LogP contribution < -0.4 is 0 Å². The molecule has 0 saturated carbocycles. The van der Waals surface area contributed by atoms with Gasteiger partial charge < -0.3 is 40.4 Å². The molecule has 0 unspecified atom stereocenters. The number of aromatic nitrogens is 4. The Hall–Kier alpha value is -18.5. The highest BCUT2D eigenvalue weighted by Crippen LogP contribution is 2.48. The molecule has 0 aliphatic rings. The van der Waals surface area contributed by atoms with Crippen molar-refractivity contribution < 1.29 is 22.1 Å². The molecule has 9 nitrogen and oxygen atoms in total. The normalized spacial score (nSPS) is 12.1. The maximum atomic E-state index is 6.34. The standard InChI is InChI=1S/C36H21NO2.2C36H21NOS.C24H15NO/c1-4-10-31-25(7-1)29-21-36-30(27-9-3-6-12-34(27)39-36)20-32(29)37(31)24-16-13-22(14-17-24)23-15-18-28-26-8-2-5-11-33(26)38-35(28)19-23;1-4-10-31-25(7-1)28-21-34-29(26-8-2-5-11-33(26)38-34)20-32(28)37(31)24-16-13-22(14-17-24)23-15-18-36-30(19-23)27-9-3-6-12-35(27)39-36;1-4-10-31-25(7-1)29-21-34-30(26-8-2-5-11-33(26)38-34)20-32(29)37(31)24-16-13-22(14-17-24)23-15-18-28-27-9-3-6-12-35(27)39-36(28)19-23;1-2-8-16(9-3-1)25-21-12-6-4-10-17(21)19-14-15-20-18-11-5-7-13-22(18)26-24(20)23(19)25/h3*1-21H;1-15H. The van der Waals surface area contributed by atoms with Gasteiger partial charge in [-0.05, 0) is 221 Å². The molecule has 11 heterocycles. The summed E-state index contributed by atoms with van der Waals surface area (Å²) < 4.78 is 45.9. The van der Waals surface area contributed by atoms with Gasteiger partial charge in [-0.1, -0.05) is 285 Å². The smallest absolute Gasteiger partial charge is 0.160 e. The second kappa shape index (κ2) is 32.0. The Balaban J connectivity index is 0.0000000899. The van der Waals surface area contributed by atoms with Gasteiger partial charge in [0.2, 0.25) is 0 Å². The second-order valence-corrected chi connectivity index (χ2v) is 39.3. The zero-order valence-electron chi connectivity index (χ0n) is 76.7. The first kappa shape index (κ1) is 80.6. The van der Waals surface area contributed by atoms with Gasteiger partial charge in [-0.15, -0.1) is 22.7 Å². The van der Waals surface area contributed by atoms with Crippen LogP contribution in [0.2, 0.25) is 0 Å². The minimum absolute atomic E-state index is 0.913. The Kier molecular flexibility index (Phi) is 18.0. The van der Waals surface area contributed by atoms with Crippen molar-refractivity contribution in [3.8, 4) is 56.1 Å². The Morgan fingerprint density at radius 1 is 0.133 bits per heavy atom. The predicted molar refractivity (Wildman–Crippen MR) is 602 cm³/mol. The SMILES string of the molecule is c1ccc(-n2c3ccccc3c3ccc4c5ccccc5oc4c32)cc1.c1ccc2c(c1)oc1cc(-c3ccc(-n4c5ccccc5c5cc6oc7ccccc7c6cc54)cc3)ccc12.c1ccc2c(c1)oc1cc3c4ccccc4n(-c4ccc(-c5ccc6c(c5)sc5ccccc56)cc4)c3cc12.c1ccc2c(c1)oc1cc3c4ccccc4n(-c4ccc(-c5ccc6sc7ccccc7c6c5)cc4)c3cc12. The van der Waals surface area contributed by atoms with E-state index in [1.165, 1.54) is 144 Å². The molecule has 22 aromatic carbocycles. The Morgan fingerprint density at radius 2 is 0.413 bits per heavy atom. The summed E-state index contributed by atoms with van der Waals surface area (Å²) in [6, 6.07) is 168. The lowest BCUT2D eigenvalue weighted by molar-refractivity contribution is 0.669. The van der Waals surface area contributed by atoms with Gasteiger partial charge in [0.15, 0.2) is 5.58 Å². The summed E-state index contributed by atoms with van der Waals surface area (Å²) in [6.45, 7) is 0. The lowest BCUT2D eigenvalue weighted by Gasteiger charge is -2.10. The molecule has 668 valence electrons. The maximum Gasteiger partial charge on any atom is 0.160 e. The number of furan rings is 5. The van der Waals surface area contributed by atoms with Crippen LogP contribution in [0.4, 0.5) is 0 Å². The Labute approximate surface area is 823 Å². The lowest BCUT2D eigenvalue weighted by atomic mass is 10.0. The third-order valence-corrected chi connectivity index (χ3v) is 31.5. The number of nitrogens with zero attached hydrogens (tertiary/aromatic N) is 4. The lowest BCUT2D eigenvalue weighted by Crippen LogP contribution is -1.93. The highest BCUT2D eigenvalue weighted by molar-refractivity contribution is 7.26. The second-order valence-electron chi connectivity index (χ2n) is 37.1. The minimum Gasteiger partial charge on any atom is -0.456 e. The van der Waals surface area contributed by atoms with E-state index in [-0.39, 0.29) is 0 Å². The minimum atomic E-state index is 0.913. The van der Waals surface area contributed by atoms with E-state index in [2.05, 4.69) is 425 Å². The van der Waals surface area contributed by atoms with Crippen molar-refractivity contribution in [1.29, 1.82) is 0 Å². The van der Waals surface area contributed by atoms with Crippen LogP contribution >= 0.6 is 22.7 Å². The molecule has 0 amide bonds. The van der Waals surface area contributed by atoms with Crippen molar-refractivity contribution in [2.75, 3.05) is 0 Å². The Morgan fingerprint density at radius 3 is 0.867 bits per heavy atom. The van der Waals surface area contributed by atoms with Crippen molar-refractivity contribution in [2.24, 2.45) is 0 Å². The van der Waals surface area contributed by atoms with Crippen LogP contribution in [0, 0.1) is 0 Å². The quantitative estimate of drug-likeness (QED) is 0.159. The van der Waals surface area contributed by atoms with E-state index in [0.29, 0.717) is 0 Å². The fourth-order valence-corrected chi connectivity index (χ4v) is 24.8. The van der Waals surface area contributed by atoms with E-state index in [1.54, 1.807) is 0 Å². The summed E-state index contributed by atoms with van der Waals surface area (Å²) in [6.07, 6.45) is 0. The molecule has 0 aliphatic carbocycles. The first-order chi connectivity index (χ1) is 70.9. The van der Waals surface area contributed by atoms with Crippen molar-refractivity contribution in [2.45, 2.75) is 0 Å². The van der Waals surface area contributed by atoms with Gasteiger partial charge in [0.25, 0.3) is 0 Å². The number of hydrogen-bond donors (Lipinski definition) is 0. The van der Waals surface area contributed by atoms with Crippen LogP contribution in [-0.4, -0.2) is 18.3 Å². The molecule has 0 saturated heterocycles. The van der Waals surface area contributed by atoms with E-state index in [4.69, 9.17) is 22.1 Å². The van der Waals surface area contributed by atoms with Gasteiger partial charge in [0.1, 0.15) is 50.2 Å². The molecule has 0 aliphatic heterocycles. The summed E-state index contributed by atoms with van der Waals surface area (Å²) in [5.41, 5.74) is 30.5. The number of fused-ring (bicyclic) bond motifs is 34. The average molecular weight is 1860 g/mol. The molecule has 0 atom stereocenters. The largest absolute Gasteiger partial charge is 0.456 e. The average Bonchev–Trinajstić information content (AvgIpc) is 1.56. The first-order valence-corrected chi connectivity index (χ1v) is 50.0. The molecule has 143 heavy (non-hydrogen) atoms. The Bertz CT molecular complexity index is 10700. The fourth-order valence-electron chi connectivity index (χ4n) is 22.6. The summed E-state index contributed by atoms with van der Waals surface area (Å²) >= 11 is 3.73. The maximum absolute atomic E-state index is 6.34. The third-order valence-electron chi connectivity index (χ3n) is 29.2. The number of hydrogen-bond acceptors (Lipinski definition) is 7. The van der Waals surface area contributed by atoms with Crippen molar-refractivity contribution in [1.82, 2.24) is 18.3 Å². The molecule has 0 radical (unpaired) electrons. The topological polar surface area (TPSA) is 85.4 Å². The molecular weight excluding hydrogens is 1790 g/mol. The summed E-state index contributed by atoms with van der Waals surface area (Å²) in [5.74, 6) is 0. The molecule has 33 rings (SSSR count). The van der Waals surface area contributed by atoms with Crippen LogP contribution in [0.25, 0.3) is 293 Å². The van der Waals surface area contributed by atoms with E-state index in [1.807, 2.05) is 89.4 Å². The van der Waals surface area contributed by atoms with Crippen molar-refractivity contribution in [3.63, 3.8) is 0 Å². The molecular formula is C132H78N4O5S2. The highest BCUT2D eigenvalue weighted by atomic mass is 32.1. The molecule has 0 fully saturated rings. The summed E-state index contributed by atoms with van der Waals surface area (Å²) in [4.78, 5) is 0. The molecule has 0 N–H and O–H groups in total. The van der Waals surface area contributed by atoms with E-state index >= 15 is 0 Å². The van der Waals surface area contributed by atoms with Crippen molar-refractivity contribution >= 4 is 260 Å². The molecule has 11 heteroatoms. The molecule has 0 bridgehead atoms. The third kappa shape index (κ3) is 12.9. The van der Waals surface area contributed by atoms with Gasteiger partial charge in [0.05, 0.1) is 44.1 Å². The molecule has 33 aromatic rings. The van der Waals surface area contributed by atoms with Crippen molar-refractivity contribution in [3.05, 3.63) is 473 Å². The molecule has 11 aromatic heterocycles.